The van der Waals surface area contributed by atoms with Crippen molar-refractivity contribution >= 4 is 11.8 Å². The summed E-state index contributed by atoms with van der Waals surface area (Å²) in [5, 5.41) is 7.87. The zero-order valence-electron chi connectivity index (χ0n) is 12.6. The molecule has 2 unspecified atom stereocenters. The van der Waals surface area contributed by atoms with Crippen LogP contribution >= 0.6 is 11.8 Å². The third-order valence-corrected chi connectivity index (χ3v) is 4.05. The van der Waals surface area contributed by atoms with E-state index < -0.39 is 0 Å². The number of thioether (sulfide) groups is 1. The Balaban J connectivity index is 1.86. The average Bonchev–Trinajstić information content (AvgIpc) is 3.05. The molecule has 2 atom stereocenters. The normalized spacial score (nSPS) is 14.4. The fourth-order valence-electron chi connectivity index (χ4n) is 2.05. The molecule has 0 aliphatic rings. The molecule has 0 aromatic carbocycles. The lowest BCUT2D eigenvalue weighted by molar-refractivity contribution is 0.349. The van der Waals surface area contributed by atoms with Gasteiger partial charge in [-0.2, -0.15) is 16.9 Å². The number of hydrogen-bond donors (Lipinski definition) is 1. The van der Waals surface area contributed by atoms with E-state index in [9.17, 15) is 0 Å². The summed E-state index contributed by atoms with van der Waals surface area (Å²) in [6.45, 7) is 7.16. The van der Waals surface area contributed by atoms with E-state index in [0.29, 0.717) is 12.1 Å². The van der Waals surface area contributed by atoms with Gasteiger partial charge < -0.3 is 9.73 Å². The molecule has 2 heterocycles. The third kappa shape index (κ3) is 3.90. The first kappa shape index (κ1) is 15.2. The zero-order chi connectivity index (χ0) is 14.5. The van der Waals surface area contributed by atoms with E-state index in [1.807, 2.05) is 16.9 Å². The Morgan fingerprint density at radius 2 is 2.10 bits per heavy atom. The molecule has 0 saturated heterocycles. The number of furan rings is 1. The van der Waals surface area contributed by atoms with Gasteiger partial charge in [0.05, 0.1) is 24.5 Å². The van der Waals surface area contributed by atoms with Crippen LogP contribution in [0.15, 0.2) is 28.9 Å². The van der Waals surface area contributed by atoms with Crippen LogP contribution in [0.4, 0.5) is 0 Å². The number of nitrogens with zero attached hydrogens (tertiary/aromatic N) is 2. The van der Waals surface area contributed by atoms with Gasteiger partial charge >= 0.3 is 0 Å². The van der Waals surface area contributed by atoms with Gasteiger partial charge in [-0.15, -0.1) is 0 Å². The van der Waals surface area contributed by atoms with Crippen molar-refractivity contribution in [2.75, 3.05) is 6.26 Å². The van der Waals surface area contributed by atoms with Crippen molar-refractivity contribution in [2.45, 2.75) is 45.2 Å². The first-order valence-corrected chi connectivity index (χ1v) is 8.30. The topological polar surface area (TPSA) is 43.0 Å². The highest BCUT2D eigenvalue weighted by Gasteiger charge is 2.14. The van der Waals surface area contributed by atoms with Gasteiger partial charge in [0, 0.05) is 12.2 Å². The van der Waals surface area contributed by atoms with E-state index in [0.717, 1.165) is 23.8 Å². The molecule has 4 nitrogen and oxygen atoms in total. The number of nitrogens with one attached hydrogen (secondary N) is 1. The van der Waals surface area contributed by atoms with Gasteiger partial charge in [0.2, 0.25) is 0 Å². The van der Waals surface area contributed by atoms with Gasteiger partial charge in [0.25, 0.3) is 0 Å². The molecule has 20 heavy (non-hydrogen) atoms. The van der Waals surface area contributed by atoms with E-state index in [4.69, 9.17) is 4.42 Å². The van der Waals surface area contributed by atoms with Gasteiger partial charge in [-0.05, 0) is 44.7 Å². The van der Waals surface area contributed by atoms with Crippen molar-refractivity contribution in [1.29, 1.82) is 0 Å². The second kappa shape index (κ2) is 6.99. The van der Waals surface area contributed by atoms with Crippen LogP contribution in [0.5, 0.6) is 0 Å². The summed E-state index contributed by atoms with van der Waals surface area (Å²) >= 11 is 1.77. The predicted molar refractivity (Wildman–Crippen MR) is 83.9 cm³/mol. The summed E-state index contributed by atoms with van der Waals surface area (Å²) in [5.41, 5.74) is 1.19. The minimum atomic E-state index is 0.310. The minimum Gasteiger partial charge on any atom is -0.464 e. The molecule has 110 valence electrons. The molecule has 0 bridgehead atoms. The molecular weight excluding hydrogens is 270 g/mol. The van der Waals surface area contributed by atoms with Crippen molar-refractivity contribution < 1.29 is 4.42 Å². The maximum Gasteiger partial charge on any atom is 0.118 e. The summed E-state index contributed by atoms with van der Waals surface area (Å²) < 4.78 is 7.77. The summed E-state index contributed by atoms with van der Waals surface area (Å²) in [6.07, 6.45) is 6.05. The minimum absolute atomic E-state index is 0.310. The Kier molecular flexibility index (Phi) is 5.31. The van der Waals surface area contributed by atoms with E-state index in [2.05, 4.69) is 49.7 Å². The van der Waals surface area contributed by atoms with Crippen molar-refractivity contribution in [3.8, 4) is 0 Å². The maximum atomic E-state index is 5.76. The second-order valence-corrected chi connectivity index (χ2v) is 6.07. The van der Waals surface area contributed by atoms with Crippen molar-refractivity contribution in [3.05, 3.63) is 41.6 Å². The largest absolute Gasteiger partial charge is 0.464 e. The van der Waals surface area contributed by atoms with Crippen LogP contribution < -0.4 is 5.32 Å². The van der Waals surface area contributed by atoms with E-state index in [1.165, 1.54) is 5.56 Å². The van der Waals surface area contributed by atoms with Gasteiger partial charge in [0.15, 0.2) is 0 Å². The second-order valence-electron chi connectivity index (χ2n) is 5.21. The number of aryl methyl sites for hydroxylation is 1. The summed E-state index contributed by atoms with van der Waals surface area (Å²) in [5.74, 6) is 2.96. The van der Waals surface area contributed by atoms with E-state index in [1.54, 1.807) is 11.8 Å². The molecule has 0 radical (unpaired) electrons. The molecule has 0 aliphatic heterocycles. The Hall–Kier alpha value is -1.20. The van der Waals surface area contributed by atoms with Crippen molar-refractivity contribution in [2.24, 2.45) is 0 Å². The first-order chi connectivity index (χ1) is 9.60. The Morgan fingerprint density at radius 1 is 1.35 bits per heavy atom. The summed E-state index contributed by atoms with van der Waals surface area (Å²) in [6, 6.07) is 4.74. The first-order valence-electron chi connectivity index (χ1n) is 6.91. The molecular formula is C15H23N3OS. The summed E-state index contributed by atoms with van der Waals surface area (Å²) in [4.78, 5) is 0. The number of hydrogen-bond acceptors (Lipinski definition) is 4. The standard InChI is InChI=1S/C15H23N3OS/c1-11-7-17-18(9-11)13(3)12(2)16-8-14-5-6-15(19-14)10-20-4/h5-7,9,12-13,16H,8,10H2,1-4H3. The van der Waals surface area contributed by atoms with Crippen molar-refractivity contribution in [3.63, 3.8) is 0 Å². The lowest BCUT2D eigenvalue weighted by Crippen LogP contribution is -2.33. The number of aromatic nitrogens is 2. The number of rotatable bonds is 7. The molecule has 0 spiro atoms. The highest BCUT2D eigenvalue weighted by Crippen LogP contribution is 2.15. The van der Waals surface area contributed by atoms with E-state index in [-0.39, 0.29) is 0 Å². The van der Waals surface area contributed by atoms with Gasteiger partial charge in [-0.25, -0.2) is 0 Å². The fraction of sp³-hybridized carbons (Fsp3) is 0.533. The average molecular weight is 293 g/mol. The molecule has 2 aromatic heterocycles. The molecule has 1 N–H and O–H groups in total. The molecule has 0 aliphatic carbocycles. The van der Waals surface area contributed by atoms with Crippen LogP contribution in [0, 0.1) is 6.92 Å². The van der Waals surface area contributed by atoms with Gasteiger partial charge in [-0.1, -0.05) is 0 Å². The van der Waals surface area contributed by atoms with Gasteiger partial charge in [0.1, 0.15) is 11.5 Å². The zero-order valence-corrected chi connectivity index (χ0v) is 13.4. The predicted octanol–water partition coefficient (Wildman–Crippen LogP) is 3.39. The smallest absolute Gasteiger partial charge is 0.118 e. The van der Waals surface area contributed by atoms with Crippen LogP contribution in [0.25, 0.3) is 0 Å². The molecule has 0 amide bonds. The highest BCUT2D eigenvalue weighted by molar-refractivity contribution is 7.97. The summed E-state index contributed by atoms with van der Waals surface area (Å²) in [7, 11) is 0. The molecule has 5 heteroatoms. The van der Waals surface area contributed by atoms with Crippen LogP contribution in [0.2, 0.25) is 0 Å². The van der Waals surface area contributed by atoms with E-state index >= 15 is 0 Å². The quantitative estimate of drug-likeness (QED) is 0.850. The van der Waals surface area contributed by atoms with Crippen LogP contribution in [-0.4, -0.2) is 22.1 Å². The monoisotopic (exact) mass is 293 g/mol. The Labute approximate surface area is 124 Å². The lowest BCUT2D eigenvalue weighted by Gasteiger charge is -2.21. The van der Waals surface area contributed by atoms with Crippen LogP contribution in [0.1, 0.15) is 37.0 Å². The molecule has 0 fully saturated rings. The van der Waals surface area contributed by atoms with Gasteiger partial charge in [-0.3, -0.25) is 4.68 Å². The molecule has 2 rings (SSSR count). The third-order valence-electron chi connectivity index (χ3n) is 3.47. The van der Waals surface area contributed by atoms with Crippen LogP contribution in [0.3, 0.4) is 0 Å². The van der Waals surface area contributed by atoms with Crippen LogP contribution in [-0.2, 0) is 12.3 Å². The molecule has 0 saturated carbocycles. The fourth-order valence-corrected chi connectivity index (χ4v) is 2.49. The van der Waals surface area contributed by atoms with Crippen molar-refractivity contribution in [1.82, 2.24) is 15.1 Å². The molecule has 2 aromatic rings. The Bertz CT molecular complexity index is 535. The maximum absolute atomic E-state index is 5.76. The lowest BCUT2D eigenvalue weighted by atomic mass is 10.1. The Morgan fingerprint density at radius 3 is 2.75 bits per heavy atom. The highest BCUT2D eigenvalue weighted by atomic mass is 32.2. The SMILES string of the molecule is CSCc1ccc(CNC(C)C(C)n2cc(C)cn2)o1.